The van der Waals surface area contributed by atoms with E-state index in [2.05, 4.69) is 10.5 Å². The number of carbonyl (C=O) groups is 2. The van der Waals surface area contributed by atoms with Gasteiger partial charge in [-0.3, -0.25) is 4.79 Å². The molecule has 2 N–H and O–H groups in total. The Hall–Kier alpha value is -3.35. The van der Waals surface area contributed by atoms with Gasteiger partial charge in [0.25, 0.3) is 5.91 Å². The van der Waals surface area contributed by atoms with E-state index in [1.165, 1.54) is 13.1 Å². The Morgan fingerprint density at radius 1 is 1.08 bits per heavy atom. The van der Waals surface area contributed by atoms with Crippen molar-refractivity contribution in [2.75, 3.05) is 7.11 Å². The Labute approximate surface area is 144 Å². The summed E-state index contributed by atoms with van der Waals surface area (Å²) in [5, 5.41) is 12.7. The van der Waals surface area contributed by atoms with Gasteiger partial charge in [0.15, 0.2) is 6.10 Å². The van der Waals surface area contributed by atoms with Crippen molar-refractivity contribution < 1.29 is 24.2 Å². The average molecular weight is 342 g/mol. The standard InChI is InChI=1S/C18H18N2O5/c1-12(18(22)23)25-16-7-3-13(4-8-16)11-19-20-17(21)14-5-9-15(24-2)10-6-14/h3-12H,1-2H3,(H,20,21)(H,22,23)/b19-11+. The van der Waals surface area contributed by atoms with Crippen molar-refractivity contribution in [1.82, 2.24) is 5.43 Å². The van der Waals surface area contributed by atoms with Crippen LogP contribution in [0.15, 0.2) is 53.6 Å². The fourth-order valence-corrected chi connectivity index (χ4v) is 1.86. The Morgan fingerprint density at radius 3 is 2.24 bits per heavy atom. The first-order chi connectivity index (χ1) is 12.0. The molecule has 1 atom stereocenters. The van der Waals surface area contributed by atoms with E-state index >= 15 is 0 Å². The second-order valence-electron chi connectivity index (χ2n) is 5.09. The van der Waals surface area contributed by atoms with Gasteiger partial charge in [-0.1, -0.05) is 0 Å². The molecule has 2 aromatic rings. The molecule has 130 valence electrons. The molecular weight excluding hydrogens is 324 g/mol. The molecular formula is C18H18N2O5. The maximum absolute atomic E-state index is 11.9. The van der Waals surface area contributed by atoms with Gasteiger partial charge in [0.2, 0.25) is 0 Å². The van der Waals surface area contributed by atoms with Crippen molar-refractivity contribution in [1.29, 1.82) is 0 Å². The highest BCUT2D eigenvalue weighted by molar-refractivity contribution is 5.95. The highest BCUT2D eigenvalue weighted by Gasteiger charge is 2.11. The third kappa shape index (κ3) is 5.35. The predicted octanol–water partition coefficient (Wildman–Crippen LogP) is 2.31. The molecule has 0 saturated carbocycles. The van der Waals surface area contributed by atoms with Crippen LogP contribution in [0.3, 0.4) is 0 Å². The van der Waals surface area contributed by atoms with E-state index in [4.69, 9.17) is 14.6 Å². The van der Waals surface area contributed by atoms with Crippen molar-refractivity contribution in [3.8, 4) is 11.5 Å². The number of rotatable bonds is 7. The minimum Gasteiger partial charge on any atom is -0.497 e. The zero-order valence-electron chi connectivity index (χ0n) is 13.8. The van der Waals surface area contributed by atoms with Gasteiger partial charge in [-0.15, -0.1) is 0 Å². The van der Waals surface area contributed by atoms with E-state index in [-0.39, 0.29) is 5.91 Å². The van der Waals surface area contributed by atoms with Crippen LogP contribution in [0.25, 0.3) is 0 Å². The van der Waals surface area contributed by atoms with Gasteiger partial charge in [-0.25, -0.2) is 10.2 Å². The second kappa shape index (κ2) is 8.49. The summed E-state index contributed by atoms with van der Waals surface area (Å²) in [5.74, 6) is -0.269. The fourth-order valence-electron chi connectivity index (χ4n) is 1.86. The van der Waals surface area contributed by atoms with Gasteiger partial charge >= 0.3 is 5.97 Å². The summed E-state index contributed by atoms with van der Waals surface area (Å²) in [6, 6.07) is 13.3. The van der Waals surface area contributed by atoms with Gasteiger partial charge < -0.3 is 14.6 Å². The molecule has 1 unspecified atom stereocenters. The molecule has 1 amide bonds. The number of hydrazone groups is 1. The zero-order valence-corrected chi connectivity index (χ0v) is 13.8. The molecule has 2 aromatic carbocycles. The number of aliphatic carboxylic acids is 1. The SMILES string of the molecule is COc1ccc(C(=O)N/N=C/c2ccc(OC(C)C(=O)O)cc2)cc1. The van der Waals surface area contributed by atoms with Crippen LogP contribution in [0, 0.1) is 0 Å². The first-order valence-electron chi connectivity index (χ1n) is 7.46. The summed E-state index contributed by atoms with van der Waals surface area (Å²) in [5.41, 5.74) is 3.62. The lowest BCUT2D eigenvalue weighted by atomic mass is 10.2. The molecule has 7 nitrogen and oxygen atoms in total. The first-order valence-corrected chi connectivity index (χ1v) is 7.46. The van der Waals surface area contributed by atoms with E-state index in [0.717, 1.165) is 5.56 Å². The van der Waals surface area contributed by atoms with Crippen LogP contribution >= 0.6 is 0 Å². The van der Waals surface area contributed by atoms with E-state index in [1.54, 1.807) is 55.6 Å². The van der Waals surface area contributed by atoms with E-state index in [0.29, 0.717) is 17.1 Å². The second-order valence-corrected chi connectivity index (χ2v) is 5.09. The average Bonchev–Trinajstić information content (AvgIpc) is 2.63. The largest absolute Gasteiger partial charge is 0.497 e. The minimum atomic E-state index is -1.04. The molecule has 0 heterocycles. The Kier molecular flexibility index (Phi) is 6.11. The smallest absolute Gasteiger partial charge is 0.344 e. The van der Waals surface area contributed by atoms with Crippen molar-refractivity contribution in [3.05, 3.63) is 59.7 Å². The molecule has 0 saturated heterocycles. The summed E-state index contributed by atoms with van der Waals surface area (Å²) in [6.45, 7) is 1.45. The van der Waals surface area contributed by atoms with Crippen LogP contribution in [0.5, 0.6) is 11.5 Å². The lowest BCUT2D eigenvalue weighted by Gasteiger charge is -2.09. The molecule has 0 aliphatic rings. The van der Waals surface area contributed by atoms with Gasteiger partial charge in [0.05, 0.1) is 13.3 Å². The van der Waals surface area contributed by atoms with Crippen LogP contribution in [-0.2, 0) is 4.79 Å². The quantitative estimate of drug-likeness (QED) is 0.594. The number of carboxylic acid groups (broad SMARTS) is 1. The summed E-state index contributed by atoms with van der Waals surface area (Å²) in [6.07, 6.45) is 0.551. The summed E-state index contributed by atoms with van der Waals surface area (Å²) in [4.78, 5) is 22.7. The number of methoxy groups -OCH3 is 1. The number of hydrogen-bond acceptors (Lipinski definition) is 5. The molecule has 2 rings (SSSR count). The molecule has 7 heteroatoms. The Morgan fingerprint density at radius 2 is 1.68 bits per heavy atom. The monoisotopic (exact) mass is 342 g/mol. The van der Waals surface area contributed by atoms with E-state index < -0.39 is 12.1 Å². The predicted molar refractivity (Wildman–Crippen MR) is 92.2 cm³/mol. The molecule has 0 aromatic heterocycles. The molecule has 0 aliphatic carbocycles. The molecule has 0 radical (unpaired) electrons. The van der Waals surface area contributed by atoms with Crippen molar-refractivity contribution in [2.24, 2.45) is 5.10 Å². The number of nitrogens with one attached hydrogen (secondary N) is 1. The van der Waals surface area contributed by atoms with Gasteiger partial charge in [0, 0.05) is 5.56 Å². The van der Waals surface area contributed by atoms with Crippen LogP contribution in [0.4, 0.5) is 0 Å². The zero-order chi connectivity index (χ0) is 18.2. The van der Waals surface area contributed by atoms with Crippen LogP contribution < -0.4 is 14.9 Å². The van der Waals surface area contributed by atoms with Gasteiger partial charge in [-0.05, 0) is 61.0 Å². The van der Waals surface area contributed by atoms with Crippen molar-refractivity contribution in [2.45, 2.75) is 13.0 Å². The highest BCUT2D eigenvalue weighted by atomic mass is 16.5. The van der Waals surface area contributed by atoms with Crippen LogP contribution in [0.1, 0.15) is 22.8 Å². The number of hydrogen-bond donors (Lipinski definition) is 2. The number of carbonyl (C=O) groups excluding carboxylic acids is 1. The minimum absolute atomic E-state index is 0.339. The van der Waals surface area contributed by atoms with Crippen molar-refractivity contribution >= 4 is 18.1 Å². The normalized spacial score (nSPS) is 11.8. The molecule has 0 spiro atoms. The summed E-state index contributed by atoms with van der Waals surface area (Å²) in [7, 11) is 1.55. The maximum Gasteiger partial charge on any atom is 0.344 e. The molecule has 25 heavy (non-hydrogen) atoms. The first kappa shape index (κ1) is 18.0. The Bertz CT molecular complexity index is 754. The maximum atomic E-state index is 11.9. The topological polar surface area (TPSA) is 97.2 Å². The fraction of sp³-hybridized carbons (Fsp3) is 0.167. The number of carboxylic acids is 1. The van der Waals surface area contributed by atoms with Gasteiger partial charge in [0.1, 0.15) is 11.5 Å². The number of amides is 1. The van der Waals surface area contributed by atoms with Gasteiger partial charge in [-0.2, -0.15) is 5.10 Å². The van der Waals surface area contributed by atoms with Crippen molar-refractivity contribution in [3.63, 3.8) is 0 Å². The number of benzene rings is 2. The molecule has 0 bridgehead atoms. The molecule has 0 aliphatic heterocycles. The number of nitrogens with zero attached hydrogens (tertiary/aromatic N) is 1. The molecule has 0 fully saturated rings. The number of ether oxygens (including phenoxy) is 2. The Balaban J connectivity index is 1.90. The summed E-state index contributed by atoms with van der Waals surface area (Å²) >= 11 is 0. The highest BCUT2D eigenvalue weighted by Crippen LogP contribution is 2.13. The lowest BCUT2D eigenvalue weighted by molar-refractivity contribution is -0.144. The van der Waals surface area contributed by atoms with E-state index in [9.17, 15) is 9.59 Å². The third-order valence-electron chi connectivity index (χ3n) is 3.27. The third-order valence-corrected chi connectivity index (χ3v) is 3.27. The van der Waals surface area contributed by atoms with Crippen LogP contribution in [0.2, 0.25) is 0 Å². The van der Waals surface area contributed by atoms with E-state index in [1.807, 2.05) is 0 Å². The lowest BCUT2D eigenvalue weighted by Crippen LogP contribution is -2.22. The summed E-state index contributed by atoms with van der Waals surface area (Å²) < 4.78 is 10.3. The van der Waals surface area contributed by atoms with Crippen LogP contribution in [-0.4, -0.2) is 36.4 Å².